The van der Waals surface area contributed by atoms with Crippen molar-refractivity contribution in [1.82, 2.24) is 0 Å². The van der Waals surface area contributed by atoms with E-state index < -0.39 is 6.10 Å². The molecule has 2 rings (SSSR count). The number of nitrogens with zero attached hydrogens (tertiary/aromatic N) is 1. The van der Waals surface area contributed by atoms with Crippen molar-refractivity contribution < 1.29 is 10.2 Å². The summed E-state index contributed by atoms with van der Waals surface area (Å²) in [5, 5.41) is 18.4. The highest BCUT2D eigenvalue weighted by atomic mass is 16.3. The average molecular weight is 221 g/mol. The van der Waals surface area contributed by atoms with E-state index in [2.05, 4.69) is 23.1 Å². The van der Waals surface area contributed by atoms with Crippen LogP contribution in [0.25, 0.3) is 0 Å². The second kappa shape index (κ2) is 5.32. The van der Waals surface area contributed by atoms with Crippen molar-refractivity contribution in [3.05, 3.63) is 29.8 Å². The molecule has 0 aromatic heterocycles. The minimum Gasteiger partial charge on any atom is -0.394 e. The fourth-order valence-electron chi connectivity index (χ4n) is 2.27. The average Bonchev–Trinajstić information content (AvgIpc) is 2.52. The van der Waals surface area contributed by atoms with Crippen molar-refractivity contribution in [3.8, 4) is 0 Å². The summed E-state index contributed by atoms with van der Waals surface area (Å²) in [5.74, 6) is 0. The van der Waals surface area contributed by atoms with E-state index in [1.54, 1.807) is 0 Å². The largest absolute Gasteiger partial charge is 0.394 e. The van der Waals surface area contributed by atoms with Crippen LogP contribution < -0.4 is 4.90 Å². The number of β-amino-alcohol motifs (C(OH)–C–C–N with tert-alkyl or cyclic N) is 1. The van der Waals surface area contributed by atoms with Gasteiger partial charge in [-0.05, 0) is 30.9 Å². The molecule has 3 nitrogen and oxygen atoms in total. The number of rotatable bonds is 3. The molecule has 0 saturated heterocycles. The van der Waals surface area contributed by atoms with Gasteiger partial charge in [0.15, 0.2) is 0 Å². The maximum Gasteiger partial charge on any atom is 0.0945 e. The number of fused-ring (bicyclic) bond motifs is 1. The number of hydrogen-bond donors (Lipinski definition) is 2. The molecule has 1 aliphatic rings. The number of anilines is 1. The Bertz CT molecular complexity index is 340. The summed E-state index contributed by atoms with van der Waals surface area (Å²) < 4.78 is 0. The second-order valence-electron chi connectivity index (χ2n) is 4.37. The topological polar surface area (TPSA) is 43.7 Å². The monoisotopic (exact) mass is 221 g/mol. The molecule has 1 atom stereocenters. The third-order valence-electron chi connectivity index (χ3n) is 3.10. The first-order valence-electron chi connectivity index (χ1n) is 5.93. The third-order valence-corrected chi connectivity index (χ3v) is 3.10. The fraction of sp³-hybridized carbons (Fsp3) is 0.538. The van der Waals surface area contributed by atoms with Gasteiger partial charge in [-0.1, -0.05) is 18.2 Å². The van der Waals surface area contributed by atoms with Gasteiger partial charge in [-0.2, -0.15) is 0 Å². The van der Waals surface area contributed by atoms with Gasteiger partial charge in [0.05, 0.1) is 12.7 Å². The van der Waals surface area contributed by atoms with Crippen LogP contribution in [0.5, 0.6) is 0 Å². The van der Waals surface area contributed by atoms with Crippen molar-refractivity contribution >= 4 is 5.69 Å². The minimum atomic E-state index is -0.647. The molecule has 16 heavy (non-hydrogen) atoms. The van der Waals surface area contributed by atoms with Crippen LogP contribution in [-0.4, -0.2) is 36.0 Å². The van der Waals surface area contributed by atoms with Crippen molar-refractivity contribution in [2.24, 2.45) is 0 Å². The Labute approximate surface area is 96.3 Å². The zero-order valence-corrected chi connectivity index (χ0v) is 9.47. The van der Waals surface area contributed by atoms with Gasteiger partial charge in [0.25, 0.3) is 0 Å². The predicted molar refractivity (Wildman–Crippen MR) is 64.7 cm³/mol. The van der Waals surface area contributed by atoms with E-state index in [-0.39, 0.29) is 6.61 Å². The number of aryl methyl sites for hydroxylation is 1. The van der Waals surface area contributed by atoms with Crippen LogP contribution in [-0.2, 0) is 6.42 Å². The summed E-state index contributed by atoms with van der Waals surface area (Å²) in [5.41, 5.74) is 2.57. The lowest BCUT2D eigenvalue weighted by molar-refractivity contribution is 0.0999. The molecule has 1 aromatic carbocycles. The Balaban J connectivity index is 2.19. The fourth-order valence-corrected chi connectivity index (χ4v) is 2.27. The first kappa shape index (κ1) is 11.4. The molecule has 1 heterocycles. The normalized spacial score (nSPS) is 17.8. The lowest BCUT2D eigenvalue weighted by Gasteiger charge is -2.26. The van der Waals surface area contributed by atoms with Gasteiger partial charge >= 0.3 is 0 Å². The molecule has 88 valence electrons. The molecule has 0 bridgehead atoms. The second-order valence-corrected chi connectivity index (χ2v) is 4.37. The van der Waals surface area contributed by atoms with Gasteiger partial charge in [-0.3, -0.25) is 0 Å². The standard InChI is InChI=1S/C13H19NO2/c15-10-12(16)9-14-8-4-3-6-11-5-1-2-7-13(11)14/h1-2,5,7,12,15-16H,3-4,6,8-10H2. The van der Waals surface area contributed by atoms with Crippen LogP contribution in [0.1, 0.15) is 18.4 Å². The molecule has 0 saturated carbocycles. The summed E-state index contributed by atoms with van der Waals surface area (Å²) >= 11 is 0. The number of aliphatic hydroxyl groups is 2. The van der Waals surface area contributed by atoms with Gasteiger partial charge in [0.1, 0.15) is 0 Å². The number of para-hydroxylation sites is 1. The molecule has 0 fully saturated rings. The van der Waals surface area contributed by atoms with E-state index in [1.165, 1.54) is 17.7 Å². The number of aliphatic hydroxyl groups excluding tert-OH is 2. The molecule has 2 N–H and O–H groups in total. The molecule has 0 aliphatic carbocycles. The predicted octanol–water partition coefficient (Wildman–Crippen LogP) is 1.18. The molecule has 0 spiro atoms. The van der Waals surface area contributed by atoms with Crippen LogP contribution in [0.4, 0.5) is 5.69 Å². The molecular weight excluding hydrogens is 202 g/mol. The van der Waals surface area contributed by atoms with Gasteiger partial charge in [0, 0.05) is 18.8 Å². The smallest absolute Gasteiger partial charge is 0.0945 e. The van der Waals surface area contributed by atoms with E-state index in [1.807, 2.05) is 6.07 Å². The van der Waals surface area contributed by atoms with Crippen molar-refractivity contribution in [2.45, 2.75) is 25.4 Å². The third kappa shape index (κ3) is 2.54. The van der Waals surface area contributed by atoms with Gasteiger partial charge in [-0.15, -0.1) is 0 Å². The summed E-state index contributed by atoms with van der Waals surface area (Å²) in [4.78, 5) is 2.18. The van der Waals surface area contributed by atoms with E-state index in [9.17, 15) is 5.11 Å². The molecule has 1 unspecified atom stereocenters. The Morgan fingerprint density at radius 3 is 2.88 bits per heavy atom. The molecule has 3 heteroatoms. The first-order valence-corrected chi connectivity index (χ1v) is 5.93. The summed E-state index contributed by atoms with van der Waals surface area (Å²) in [6.45, 7) is 1.32. The van der Waals surface area contributed by atoms with Crippen molar-refractivity contribution in [3.63, 3.8) is 0 Å². The Morgan fingerprint density at radius 1 is 1.25 bits per heavy atom. The van der Waals surface area contributed by atoms with Crippen LogP contribution in [0.3, 0.4) is 0 Å². The zero-order chi connectivity index (χ0) is 11.4. The van der Waals surface area contributed by atoms with Gasteiger partial charge in [0.2, 0.25) is 0 Å². The van der Waals surface area contributed by atoms with Crippen molar-refractivity contribution in [1.29, 1.82) is 0 Å². The van der Waals surface area contributed by atoms with Crippen LogP contribution in [0.2, 0.25) is 0 Å². The molecular formula is C13H19NO2. The van der Waals surface area contributed by atoms with E-state index >= 15 is 0 Å². The number of hydrogen-bond acceptors (Lipinski definition) is 3. The summed E-state index contributed by atoms with van der Waals surface area (Å²) in [6, 6.07) is 8.34. The maximum absolute atomic E-state index is 9.54. The first-order chi connectivity index (χ1) is 7.81. The highest BCUT2D eigenvalue weighted by Crippen LogP contribution is 2.25. The van der Waals surface area contributed by atoms with E-state index in [0.717, 1.165) is 19.4 Å². The van der Waals surface area contributed by atoms with Crippen LogP contribution in [0.15, 0.2) is 24.3 Å². The lowest BCUT2D eigenvalue weighted by atomic mass is 10.1. The Morgan fingerprint density at radius 2 is 2.06 bits per heavy atom. The lowest BCUT2D eigenvalue weighted by Crippen LogP contribution is -2.34. The zero-order valence-electron chi connectivity index (χ0n) is 9.47. The summed E-state index contributed by atoms with van der Waals surface area (Å²) in [7, 11) is 0. The SMILES string of the molecule is OCC(O)CN1CCCCc2ccccc21. The van der Waals surface area contributed by atoms with Gasteiger partial charge in [-0.25, -0.2) is 0 Å². The Kier molecular flexibility index (Phi) is 3.80. The van der Waals surface area contributed by atoms with E-state index in [4.69, 9.17) is 5.11 Å². The van der Waals surface area contributed by atoms with Crippen molar-refractivity contribution in [2.75, 3.05) is 24.6 Å². The molecule has 0 amide bonds. The molecule has 1 aromatic rings. The molecule has 1 aliphatic heterocycles. The van der Waals surface area contributed by atoms with Crippen LogP contribution >= 0.6 is 0 Å². The highest BCUT2D eigenvalue weighted by Gasteiger charge is 2.16. The maximum atomic E-state index is 9.54. The van der Waals surface area contributed by atoms with Crippen LogP contribution in [0, 0.1) is 0 Å². The summed E-state index contributed by atoms with van der Waals surface area (Å²) in [6.07, 6.45) is 2.81. The quantitative estimate of drug-likeness (QED) is 0.805. The molecule has 0 radical (unpaired) electrons. The highest BCUT2D eigenvalue weighted by molar-refractivity contribution is 5.54. The van der Waals surface area contributed by atoms with Gasteiger partial charge < -0.3 is 15.1 Å². The minimum absolute atomic E-state index is 0.168. The Hall–Kier alpha value is -1.06. The van der Waals surface area contributed by atoms with E-state index in [0.29, 0.717) is 6.54 Å². The number of benzene rings is 1.